The molecule has 22 heavy (non-hydrogen) atoms. The monoisotopic (exact) mass is 314 g/mol. The van der Waals surface area contributed by atoms with Crippen LogP contribution in [0.25, 0.3) is 10.8 Å². The molecule has 0 saturated heterocycles. The highest BCUT2D eigenvalue weighted by atomic mass is 32.1. The van der Waals surface area contributed by atoms with Crippen molar-refractivity contribution in [3.63, 3.8) is 0 Å². The van der Waals surface area contributed by atoms with Crippen molar-refractivity contribution in [2.45, 2.75) is 33.4 Å². The topological polar surface area (TPSA) is 58.0 Å². The van der Waals surface area contributed by atoms with E-state index >= 15 is 0 Å². The molecule has 5 nitrogen and oxygen atoms in total. The molecule has 0 bridgehead atoms. The molecule has 4 rings (SSSR count). The minimum absolute atomic E-state index is 0.751. The first-order valence-corrected chi connectivity index (χ1v) is 8.33. The lowest BCUT2D eigenvalue weighted by Crippen LogP contribution is -2.30. The summed E-state index contributed by atoms with van der Waals surface area (Å²) in [6.45, 7) is 6.86. The van der Waals surface area contributed by atoms with Gasteiger partial charge in [-0.3, -0.25) is 10.00 Å². The number of fused-ring (bicyclic) bond motifs is 1. The van der Waals surface area contributed by atoms with E-state index in [1.807, 2.05) is 13.1 Å². The number of rotatable bonds is 3. The van der Waals surface area contributed by atoms with Crippen molar-refractivity contribution in [1.29, 1.82) is 0 Å². The van der Waals surface area contributed by atoms with Gasteiger partial charge in [-0.25, -0.2) is 4.98 Å². The molecule has 0 unspecified atom stereocenters. The molecule has 0 amide bonds. The average Bonchev–Trinajstić information content (AvgIpc) is 3.20. The Morgan fingerprint density at radius 2 is 2.32 bits per heavy atom. The average molecular weight is 314 g/mol. The Morgan fingerprint density at radius 1 is 1.41 bits per heavy atom. The quantitative estimate of drug-likeness (QED) is 0.806. The Hall–Kier alpha value is -1.92. The molecular formula is C16H18N4OS. The zero-order valence-corrected chi connectivity index (χ0v) is 13.5. The first-order chi connectivity index (χ1) is 10.7. The first kappa shape index (κ1) is 13.7. The van der Waals surface area contributed by atoms with E-state index < -0.39 is 0 Å². The number of aromatic nitrogens is 3. The number of aromatic amines is 1. The Morgan fingerprint density at radius 3 is 3.14 bits per heavy atom. The van der Waals surface area contributed by atoms with E-state index in [-0.39, 0.29) is 0 Å². The van der Waals surface area contributed by atoms with Crippen molar-refractivity contribution in [3.8, 4) is 10.8 Å². The summed E-state index contributed by atoms with van der Waals surface area (Å²) in [5.41, 5.74) is 4.82. The van der Waals surface area contributed by atoms with E-state index in [9.17, 15) is 0 Å². The molecule has 0 saturated carbocycles. The summed E-state index contributed by atoms with van der Waals surface area (Å²) in [4.78, 5) is 8.26. The number of nitrogens with zero attached hydrogens (tertiary/aromatic N) is 3. The largest absolute Gasteiger partial charge is 0.440 e. The Labute approximate surface area is 133 Å². The number of thiophene rings is 1. The van der Waals surface area contributed by atoms with E-state index in [0.717, 1.165) is 48.3 Å². The van der Waals surface area contributed by atoms with Crippen molar-refractivity contribution in [2.75, 3.05) is 6.54 Å². The second-order valence-electron chi connectivity index (χ2n) is 5.79. The summed E-state index contributed by atoms with van der Waals surface area (Å²) in [6, 6.07) is 2.10. The van der Waals surface area contributed by atoms with Gasteiger partial charge in [-0.15, -0.1) is 11.3 Å². The number of H-pyrrole nitrogens is 1. The number of oxazole rings is 1. The molecular weight excluding hydrogens is 296 g/mol. The SMILES string of the molecule is Cc1ccsc1-c1nc(CN2CCc3[nH]ncc3C2)c(C)o1. The summed E-state index contributed by atoms with van der Waals surface area (Å²) >= 11 is 1.68. The van der Waals surface area contributed by atoms with Crippen LogP contribution in [0.2, 0.25) is 0 Å². The molecule has 0 atom stereocenters. The summed E-state index contributed by atoms with van der Waals surface area (Å²) in [5, 5.41) is 9.28. The highest BCUT2D eigenvalue weighted by molar-refractivity contribution is 7.13. The molecule has 0 aliphatic carbocycles. The molecule has 3 aromatic rings. The zero-order valence-electron chi connectivity index (χ0n) is 12.7. The minimum atomic E-state index is 0.751. The van der Waals surface area contributed by atoms with Crippen molar-refractivity contribution < 1.29 is 4.42 Å². The maximum Gasteiger partial charge on any atom is 0.237 e. The van der Waals surface area contributed by atoms with Gasteiger partial charge in [0, 0.05) is 37.3 Å². The molecule has 1 aliphatic heterocycles. The lowest BCUT2D eigenvalue weighted by Gasteiger charge is -2.25. The van der Waals surface area contributed by atoms with Crippen LogP contribution in [0, 0.1) is 13.8 Å². The van der Waals surface area contributed by atoms with Gasteiger partial charge in [0.15, 0.2) is 0 Å². The number of hydrogen-bond acceptors (Lipinski definition) is 5. The van der Waals surface area contributed by atoms with Gasteiger partial charge in [0.1, 0.15) is 5.76 Å². The molecule has 1 N–H and O–H groups in total. The van der Waals surface area contributed by atoms with Crippen LogP contribution in [0.15, 0.2) is 22.1 Å². The first-order valence-electron chi connectivity index (χ1n) is 7.45. The van der Waals surface area contributed by atoms with Crippen molar-refractivity contribution in [3.05, 3.63) is 45.9 Å². The molecule has 3 aromatic heterocycles. The van der Waals surface area contributed by atoms with Crippen LogP contribution in [-0.4, -0.2) is 26.6 Å². The van der Waals surface area contributed by atoms with Crippen LogP contribution >= 0.6 is 11.3 Å². The Balaban J connectivity index is 1.55. The lowest BCUT2D eigenvalue weighted by molar-refractivity contribution is 0.241. The fraction of sp³-hybridized carbons (Fsp3) is 0.375. The van der Waals surface area contributed by atoms with E-state index in [2.05, 4.69) is 33.5 Å². The van der Waals surface area contributed by atoms with E-state index in [1.165, 1.54) is 16.8 Å². The van der Waals surface area contributed by atoms with Gasteiger partial charge < -0.3 is 4.42 Å². The third-order valence-electron chi connectivity index (χ3n) is 4.20. The fourth-order valence-electron chi connectivity index (χ4n) is 2.89. The molecule has 4 heterocycles. The van der Waals surface area contributed by atoms with Crippen molar-refractivity contribution in [1.82, 2.24) is 20.1 Å². The van der Waals surface area contributed by atoms with Crippen molar-refractivity contribution in [2.24, 2.45) is 0 Å². The number of aryl methyl sites for hydroxylation is 2. The van der Waals surface area contributed by atoms with E-state index in [0.29, 0.717) is 0 Å². The number of hydrogen-bond donors (Lipinski definition) is 1. The molecule has 1 aliphatic rings. The Kier molecular flexibility index (Phi) is 3.35. The molecule has 0 spiro atoms. The summed E-state index contributed by atoms with van der Waals surface area (Å²) in [7, 11) is 0. The van der Waals surface area contributed by atoms with E-state index in [1.54, 1.807) is 11.3 Å². The van der Waals surface area contributed by atoms with Crippen LogP contribution in [0.3, 0.4) is 0 Å². The van der Waals surface area contributed by atoms with Gasteiger partial charge in [-0.1, -0.05) is 0 Å². The second kappa shape index (κ2) is 5.37. The minimum Gasteiger partial charge on any atom is -0.440 e. The molecule has 0 fully saturated rings. The Bertz CT molecular complexity index is 801. The summed E-state index contributed by atoms with van der Waals surface area (Å²) < 4.78 is 5.89. The third-order valence-corrected chi connectivity index (χ3v) is 5.21. The van der Waals surface area contributed by atoms with Crippen molar-refractivity contribution >= 4 is 11.3 Å². The summed E-state index contributed by atoms with van der Waals surface area (Å²) in [5.74, 6) is 1.67. The molecule has 114 valence electrons. The maximum absolute atomic E-state index is 5.89. The molecule has 0 aromatic carbocycles. The van der Waals surface area contributed by atoms with Crippen LogP contribution in [0.4, 0.5) is 0 Å². The lowest BCUT2D eigenvalue weighted by atomic mass is 10.1. The highest BCUT2D eigenvalue weighted by Gasteiger charge is 2.21. The van der Waals surface area contributed by atoms with Gasteiger partial charge in [-0.05, 0) is 30.9 Å². The zero-order chi connectivity index (χ0) is 15.1. The van der Waals surface area contributed by atoms with Crippen LogP contribution in [0.5, 0.6) is 0 Å². The van der Waals surface area contributed by atoms with E-state index in [4.69, 9.17) is 9.40 Å². The van der Waals surface area contributed by atoms with Crippen LogP contribution < -0.4 is 0 Å². The third kappa shape index (κ3) is 2.38. The predicted molar refractivity (Wildman–Crippen MR) is 85.7 cm³/mol. The van der Waals surface area contributed by atoms with Gasteiger partial charge in [0.05, 0.1) is 16.8 Å². The highest BCUT2D eigenvalue weighted by Crippen LogP contribution is 2.30. The van der Waals surface area contributed by atoms with Crippen LogP contribution in [0.1, 0.15) is 28.3 Å². The number of nitrogens with one attached hydrogen (secondary N) is 1. The predicted octanol–water partition coefficient (Wildman–Crippen LogP) is 3.30. The van der Waals surface area contributed by atoms with Gasteiger partial charge in [0.25, 0.3) is 0 Å². The smallest absolute Gasteiger partial charge is 0.237 e. The van der Waals surface area contributed by atoms with Gasteiger partial charge in [-0.2, -0.15) is 5.10 Å². The standard InChI is InChI=1S/C16H18N4OS/c1-10-4-6-22-15(10)16-18-14(11(2)21-16)9-20-5-3-13-12(8-20)7-17-19-13/h4,6-7H,3,5,8-9H2,1-2H3,(H,17,19). The van der Waals surface area contributed by atoms with Crippen LogP contribution in [-0.2, 0) is 19.5 Å². The molecule has 6 heteroatoms. The normalized spacial score (nSPS) is 15.2. The maximum atomic E-state index is 5.89. The second-order valence-corrected chi connectivity index (χ2v) is 6.71. The van der Waals surface area contributed by atoms with Gasteiger partial charge >= 0.3 is 0 Å². The van der Waals surface area contributed by atoms with Gasteiger partial charge in [0.2, 0.25) is 5.89 Å². The summed E-state index contributed by atoms with van der Waals surface area (Å²) in [6.07, 6.45) is 2.95. The molecule has 0 radical (unpaired) electrons. The fourth-order valence-corrected chi connectivity index (χ4v) is 3.74.